The normalized spacial score (nSPS) is 12.2. The molecule has 0 aliphatic heterocycles. The van der Waals surface area contributed by atoms with Crippen LogP contribution >= 0.6 is 0 Å². The van der Waals surface area contributed by atoms with Gasteiger partial charge in [0.2, 0.25) is 0 Å². The summed E-state index contributed by atoms with van der Waals surface area (Å²) in [5.74, 6) is -0.492. The van der Waals surface area contributed by atoms with E-state index in [0.29, 0.717) is 0 Å². The molecule has 15 heavy (non-hydrogen) atoms. The number of ether oxygens (including phenoxy) is 1. The predicted octanol–water partition coefficient (Wildman–Crippen LogP) is 2.45. The van der Waals surface area contributed by atoms with Crippen molar-refractivity contribution in [3.8, 4) is 5.75 Å². The van der Waals surface area contributed by atoms with Crippen LogP contribution in [0.25, 0.3) is 0 Å². The van der Waals surface area contributed by atoms with Crippen LogP contribution in [0.2, 0.25) is 0 Å². The number of carbonyl (C=O) groups is 1. The van der Waals surface area contributed by atoms with Crippen molar-refractivity contribution in [2.75, 3.05) is 7.11 Å². The molecule has 82 valence electrons. The Morgan fingerprint density at radius 2 is 2.20 bits per heavy atom. The van der Waals surface area contributed by atoms with E-state index in [0.717, 1.165) is 23.3 Å². The summed E-state index contributed by atoms with van der Waals surface area (Å²) in [6.07, 6.45) is 0.810. The first-order valence-corrected chi connectivity index (χ1v) is 4.99. The fourth-order valence-corrected chi connectivity index (χ4v) is 1.57. The molecule has 1 unspecified atom stereocenters. The van der Waals surface area contributed by atoms with Gasteiger partial charge in [0.15, 0.2) is 0 Å². The average molecular weight is 208 g/mol. The zero-order chi connectivity index (χ0) is 11.4. The fourth-order valence-electron chi connectivity index (χ4n) is 1.57. The van der Waals surface area contributed by atoms with Crippen LogP contribution in [0.4, 0.5) is 0 Å². The summed E-state index contributed by atoms with van der Waals surface area (Å²) in [5, 5.41) is 8.95. The van der Waals surface area contributed by atoms with Crippen molar-refractivity contribution in [3.05, 3.63) is 29.3 Å². The second-order valence-electron chi connectivity index (χ2n) is 3.48. The summed E-state index contributed by atoms with van der Waals surface area (Å²) in [7, 11) is 1.61. The highest BCUT2D eigenvalue weighted by Gasteiger charge is 2.16. The first kappa shape index (κ1) is 11.6. The molecule has 1 atom stereocenters. The summed E-state index contributed by atoms with van der Waals surface area (Å²) >= 11 is 0. The van der Waals surface area contributed by atoms with Crippen LogP contribution in [0, 0.1) is 0 Å². The highest BCUT2D eigenvalue weighted by atomic mass is 16.5. The number of hydrogen-bond acceptors (Lipinski definition) is 2. The van der Waals surface area contributed by atoms with Crippen molar-refractivity contribution in [2.45, 2.75) is 26.2 Å². The van der Waals surface area contributed by atoms with Crippen LogP contribution in [0.3, 0.4) is 0 Å². The monoisotopic (exact) mass is 208 g/mol. The number of aryl methyl sites for hydroxylation is 1. The van der Waals surface area contributed by atoms with Gasteiger partial charge >= 0.3 is 5.97 Å². The number of methoxy groups -OCH3 is 1. The quantitative estimate of drug-likeness (QED) is 0.826. The molecule has 0 aliphatic carbocycles. The molecule has 1 N–H and O–H groups in total. The van der Waals surface area contributed by atoms with Gasteiger partial charge in [-0.3, -0.25) is 4.79 Å². The smallest absolute Gasteiger partial charge is 0.310 e. The second kappa shape index (κ2) is 4.82. The van der Waals surface area contributed by atoms with Gasteiger partial charge in [-0.2, -0.15) is 0 Å². The van der Waals surface area contributed by atoms with Gasteiger partial charge in [0.05, 0.1) is 13.0 Å². The molecule has 0 saturated carbocycles. The number of aliphatic carboxylic acids is 1. The molecule has 0 heterocycles. The maximum Gasteiger partial charge on any atom is 0.310 e. The molecule has 3 heteroatoms. The zero-order valence-electron chi connectivity index (χ0n) is 9.28. The number of benzene rings is 1. The minimum Gasteiger partial charge on any atom is -0.497 e. The van der Waals surface area contributed by atoms with E-state index in [1.165, 1.54) is 0 Å². The summed E-state index contributed by atoms with van der Waals surface area (Å²) < 4.78 is 5.10. The molecule has 1 aromatic carbocycles. The van der Waals surface area contributed by atoms with Crippen LogP contribution in [0.1, 0.15) is 30.9 Å². The summed E-state index contributed by atoms with van der Waals surface area (Å²) in [6, 6.07) is 5.53. The van der Waals surface area contributed by atoms with Crippen LogP contribution in [-0.4, -0.2) is 18.2 Å². The molecule has 0 spiro atoms. The van der Waals surface area contributed by atoms with E-state index in [1.807, 2.05) is 19.1 Å². The summed E-state index contributed by atoms with van der Waals surface area (Å²) in [6.45, 7) is 3.70. The van der Waals surface area contributed by atoms with E-state index in [4.69, 9.17) is 9.84 Å². The standard InChI is InChI=1S/C12H16O3/c1-4-9-7-10(15-3)5-6-11(9)8(2)12(13)14/h5-8H,4H2,1-3H3,(H,13,14). The third-order valence-electron chi connectivity index (χ3n) is 2.57. The Balaban J connectivity index is 3.12. The molecular weight excluding hydrogens is 192 g/mol. The Kier molecular flexibility index (Phi) is 3.72. The van der Waals surface area contributed by atoms with E-state index in [1.54, 1.807) is 20.1 Å². The summed E-state index contributed by atoms with van der Waals surface area (Å²) in [5.41, 5.74) is 1.90. The van der Waals surface area contributed by atoms with Gasteiger partial charge in [0.25, 0.3) is 0 Å². The Hall–Kier alpha value is -1.51. The first-order valence-electron chi connectivity index (χ1n) is 4.99. The molecule has 0 amide bonds. The van der Waals surface area contributed by atoms with E-state index in [2.05, 4.69) is 0 Å². The average Bonchev–Trinajstić information content (AvgIpc) is 2.27. The lowest BCUT2D eigenvalue weighted by Gasteiger charge is -2.13. The fraction of sp³-hybridized carbons (Fsp3) is 0.417. The molecule has 1 rings (SSSR count). The highest BCUT2D eigenvalue weighted by molar-refractivity contribution is 5.76. The lowest BCUT2D eigenvalue weighted by Crippen LogP contribution is -2.09. The largest absolute Gasteiger partial charge is 0.497 e. The number of carboxylic acid groups (broad SMARTS) is 1. The van der Waals surface area contributed by atoms with Gasteiger partial charge in [0.1, 0.15) is 5.75 Å². The van der Waals surface area contributed by atoms with Gasteiger partial charge in [-0.15, -0.1) is 0 Å². The van der Waals surface area contributed by atoms with Crippen LogP contribution in [0.15, 0.2) is 18.2 Å². The molecule has 0 aromatic heterocycles. The molecule has 1 aromatic rings. The van der Waals surface area contributed by atoms with Crippen molar-refractivity contribution < 1.29 is 14.6 Å². The number of hydrogen-bond donors (Lipinski definition) is 1. The van der Waals surface area contributed by atoms with Crippen LogP contribution in [-0.2, 0) is 11.2 Å². The highest BCUT2D eigenvalue weighted by Crippen LogP contribution is 2.25. The van der Waals surface area contributed by atoms with Crippen molar-refractivity contribution >= 4 is 5.97 Å². The van der Waals surface area contributed by atoms with Crippen molar-refractivity contribution in [2.24, 2.45) is 0 Å². The van der Waals surface area contributed by atoms with Crippen LogP contribution in [0.5, 0.6) is 5.75 Å². The molecule has 3 nitrogen and oxygen atoms in total. The van der Waals surface area contributed by atoms with E-state index in [-0.39, 0.29) is 0 Å². The zero-order valence-corrected chi connectivity index (χ0v) is 9.28. The van der Waals surface area contributed by atoms with Gasteiger partial charge in [0, 0.05) is 0 Å². The van der Waals surface area contributed by atoms with E-state index in [9.17, 15) is 4.79 Å². The molecular formula is C12H16O3. The first-order chi connectivity index (χ1) is 7.10. The summed E-state index contributed by atoms with van der Waals surface area (Å²) in [4.78, 5) is 10.9. The van der Waals surface area contributed by atoms with Gasteiger partial charge in [-0.05, 0) is 36.6 Å². The van der Waals surface area contributed by atoms with Crippen molar-refractivity contribution in [1.29, 1.82) is 0 Å². The lowest BCUT2D eigenvalue weighted by molar-refractivity contribution is -0.138. The van der Waals surface area contributed by atoms with E-state index < -0.39 is 11.9 Å². The van der Waals surface area contributed by atoms with Crippen molar-refractivity contribution in [3.63, 3.8) is 0 Å². The lowest BCUT2D eigenvalue weighted by atomic mass is 9.94. The SMILES string of the molecule is CCc1cc(OC)ccc1C(C)C(=O)O. The molecule has 0 bridgehead atoms. The van der Waals surface area contributed by atoms with Gasteiger partial charge in [-0.25, -0.2) is 0 Å². The Bertz CT molecular complexity index is 358. The van der Waals surface area contributed by atoms with Gasteiger partial charge in [-0.1, -0.05) is 13.0 Å². The molecule has 0 aliphatic rings. The van der Waals surface area contributed by atoms with Gasteiger partial charge < -0.3 is 9.84 Å². The second-order valence-corrected chi connectivity index (χ2v) is 3.48. The molecule has 0 saturated heterocycles. The number of carboxylic acids is 1. The van der Waals surface area contributed by atoms with Crippen LogP contribution < -0.4 is 4.74 Å². The number of rotatable bonds is 4. The Morgan fingerprint density at radius 3 is 2.67 bits per heavy atom. The Labute approximate surface area is 89.7 Å². The topological polar surface area (TPSA) is 46.5 Å². The van der Waals surface area contributed by atoms with E-state index >= 15 is 0 Å². The third kappa shape index (κ3) is 2.49. The minimum absolute atomic E-state index is 0.467. The predicted molar refractivity (Wildman–Crippen MR) is 58.4 cm³/mol. The third-order valence-corrected chi connectivity index (χ3v) is 2.57. The molecule has 0 radical (unpaired) electrons. The maximum atomic E-state index is 10.9. The Morgan fingerprint density at radius 1 is 1.53 bits per heavy atom. The van der Waals surface area contributed by atoms with Crippen molar-refractivity contribution in [1.82, 2.24) is 0 Å². The minimum atomic E-state index is -0.796. The maximum absolute atomic E-state index is 10.9. The molecule has 0 fully saturated rings.